The topological polar surface area (TPSA) is 95.9 Å². The maximum atomic E-state index is 13.7. The number of likely N-dealkylation sites (tertiary alicyclic amines) is 1. The molecule has 4 atom stereocenters. The summed E-state index contributed by atoms with van der Waals surface area (Å²) in [6.07, 6.45) is 2.13. The second-order valence-electron chi connectivity index (χ2n) is 9.62. The van der Waals surface area contributed by atoms with E-state index in [1.807, 2.05) is 79.1 Å². The lowest BCUT2D eigenvalue weighted by molar-refractivity contribution is -0.151. The standard InChI is InChI=1S/C30H30N2O5S/c1-38-19-16-30(29(35)36)25-24(27(33)32(28(25)34)17-18-37-23-10-6-3-7-11-23)26(31-30)22-14-12-21(13-15-22)20-8-4-2-5-9-20/h2-15,24-26,31H,16-19H2,1H3,(H,35,36). The molecule has 2 aliphatic heterocycles. The first kappa shape index (κ1) is 26.0. The van der Waals surface area contributed by atoms with Crippen molar-refractivity contribution in [2.24, 2.45) is 11.8 Å². The van der Waals surface area contributed by atoms with Crippen LogP contribution < -0.4 is 10.1 Å². The Labute approximate surface area is 226 Å². The highest BCUT2D eigenvalue weighted by Gasteiger charge is 2.68. The Morgan fingerprint density at radius 1 is 0.947 bits per heavy atom. The lowest BCUT2D eigenvalue weighted by Crippen LogP contribution is -2.56. The van der Waals surface area contributed by atoms with Gasteiger partial charge in [0.2, 0.25) is 11.8 Å². The fourth-order valence-corrected chi connectivity index (χ4v) is 6.18. The molecule has 0 aromatic heterocycles. The molecule has 0 aliphatic carbocycles. The molecule has 0 radical (unpaired) electrons. The quantitative estimate of drug-likeness (QED) is 0.378. The van der Waals surface area contributed by atoms with Gasteiger partial charge in [-0.25, -0.2) is 0 Å². The molecule has 2 fully saturated rings. The van der Waals surface area contributed by atoms with Gasteiger partial charge in [0.25, 0.3) is 0 Å². The Balaban J connectivity index is 1.44. The molecule has 0 saturated carbocycles. The van der Waals surface area contributed by atoms with Crippen molar-refractivity contribution in [3.63, 3.8) is 0 Å². The highest BCUT2D eigenvalue weighted by molar-refractivity contribution is 7.98. The van der Waals surface area contributed by atoms with E-state index in [0.29, 0.717) is 11.5 Å². The number of fused-ring (bicyclic) bond motifs is 1. The summed E-state index contributed by atoms with van der Waals surface area (Å²) >= 11 is 1.52. The number of imide groups is 1. The summed E-state index contributed by atoms with van der Waals surface area (Å²) in [7, 11) is 0. The minimum absolute atomic E-state index is 0.0669. The molecule has 3 aromatic rings. The number of hydrogen-bond donors (Lipinski definition) is 2. The number of hydrogen-bond acceptors (Lipinski definition) is 6. The molecule has 38 heavy (non-hydrogen) atoms. The van der Waals surface area contributed by atoms with Crippen molar-refractivity contribution in [2.45, 2.75) is 18.0 Å². The number of benzene rings is 3. The zero-order valence-electron chi connectivity index (χ0n) is 21.1. The molecule has 5 rings (SSSR count). The highest BCUT2D eigenvalue weighted by atomic mass is 32.2. The minimum Gasteiger partial charge on any atom is -0.492 e. The third-order valence-electron chi connectivity index (χ3n) is 7.53. The van der Waals surface area contributed by atoms with Crippen LogP contribution in [0.25, 0.3) is 11.1 Å². The van der Waals surface area contributed by atoms with Crippen LogP contribution >= 0.6 is 11.8 Å². The number of nitrogens with one attached hydrogen (secondary N) is 1. The molecule has 2 heterocycles. The van der Waals surface area contributed by atoms with Crippen molar-refractivity contribution in [1.29, 1.82) is 0 Å². The molecule has 4 unspecified atom stereocenters. The zero-order valence-corrected chi connectivity index (χ0v) is 21.9. The summed E-state index contributed by atoms with van der Waals surface area (Å²) in [6, 6.07) is 26.3. The molecular formula is C30H30N2O5S. The maximum absolute atomic E-state index is 13.7. The van der Waals surface area contributed by atoms with Crippen LogP contribution in [0.5, 0.6) is 5.75 Å². The van der Waals surface area contributed by atoms with Crippen LogP contribution in [-0.4, -0.2) is 58.5 Å². The third-order valence-corrected chi connectivity index (χ3v) is 8.14. The summed E-state index contributed by atoms with van der Waals surface area (Å²) in [5.41, 5.74) is 1.34. The van der Waals surface area contributed by atoms with E-state index in [9.17, 15) is 19.5 Å². The molecule has 0 spiro atoms. The van der Waals surface area contributed by atoms with Gasteiger partial charge in [-0.05, 0) is 47.3 Å². The summed E-state index contributed by atoms with van der Waals surface area (Å²) in [5, 5.41) is 13.7. The molecule has 2 saturated heterocycles. The first-order valence-corrected chi connectivity index (χ1v) is 14.0. The number of aliphatic carboxylic acids is 1. The van der Waals surface area contributed by atoms with Crippen LogP contribution in [0.15, 0.2) is 84.9 Å². The summed E-state index contributed by atoms with van der Waals surface area (Å²) < 4.78 is 5.74. The molecule has 196 valence electrons. The Kier molecular flexibility index (Phi) is 7.53. The summed E-state index contributed by atoms with van der Waals surface area (Å²) in [5.74, 6) is -2.52. The smallest absolute Gasteiger partial charge is 0.324 e. The Morgan fingerprint density at radius 2 is 1.58 bits per heavy atom. The monoisotopic (exact) mass is 530 g/mol. The van der Waals surface area contributed by atoms with E-state index in [0.717, 1.165) is 16.7 Å². The molecule has 0 bridgehead atoms. The Hall–Kier alpha value is -3.62. The van der Waals surface area contributed by atoms with Gasteiger partial charge in [-0.3, -0.25) is 24.6 Å². The molecule has 2 amide bonds. The number of rotatable bonds is 10. The van der Waals surface area contributed by atoms with Crippen molar-refractivity contribution >= 4 is 29.5 Å². The van der Waals surface area contributed by atoms with Gasteiger partial charge in [-0.1, -0.05) is 72.8 Å². The van der Waals surface area contributed by atoms with Crippen molar-refractivity contribution in [3.05, 3.63) is 90.5 Å². The Morgan fingerprint density at radius 3 is 2.21 bits per heavy atom. The fourth-order valence-electron chi connectivity index (χ4n) is 5.65. The number of amides is 2. The fraction of sp³-hybridized carbons (Fsp3) is 0.300. The average Bonchev–Trinajstić information content (AvgIpc) is 3.43. The first-order valence-electron chi connectivity index (χ1n) is 12.6. The van der Waals surface area contributed by atoms with Crippen LogP contribution in [0.1, 0.15) is 18.0 Å². The number of carboxylic acids is 1. The molecular weight excluding hydrogens is 500 g/mol. The van der Waals surface area contributed by atoms with Crippen molar-refractivity contribution < 1.29 is 24.2 Å². The number of ether oxygens (including phenoxy) is 1. The molecule has 2 aliphatic rings. The van der Waals surface area contributed by atoms with E-state index in [2.05, 4.69) is 5.32 Å². The van der Waals surface area contributed by atoms with E-state index < -0.39 is 35.3 Å². The van der Waals surface area contributed by atoms with Gasteiger partial charge < -0.3 is 9.84 Å². The lowest BCUT2D eigenvalue weighted by atomic mass is 9.78. The number of carbonyl (C=O) groups is 3. The van der Waals surface area contributed by atoms with Crippen LogP contribution in [0.2, 0.25) is 0 Å². The van der Waals surface area contributed by atoms with E-state index >= 15 is 0 Å². The molecule has 2 N–H and O–H groups in total. The normalized spacial score (nSPS) is 24.4. The Bertz CT molecular complexity index is 1300. The predicted octanol–water partition coefficient (Wildman–Crippen LogP) is 4.25. The van der Waals surface area contributed by atoms with Crippen molar-refractivity contribution in [2.75, 3.05) is 25.2 Å². The van der Waals surface area contributed by atoms with E-state index in [4.69, 9.17) is 4.74 Å². The number of para-hydroxylation sites is 1. The third kappa shape index (κ3) is 4.70. The first-order chi connectivity index (χ1) is 18.5. The second-order valence-corrected chi connectivity index (χ2v) is 10.6. The number of carboxylic acid groups (broad SMARTS) is 1. The van der Waals surface area contributed by atoms with Gasteiger partial charge in [-0.2, -0.15) is 11.8 Å². The molecule has 3 aromatic carbocycles. The van der Waals surface area contributed by atoms with Crippen molar-refractivity contribution in [1.82, 2.24) is 10.2 Å². The SMILES string of the molecule is CSCCC1(C(=O)O)NC(c2ccc(-c3ccccc3)cc2)C2C(=O)N(CCOc3ccccc3)C(=O)C21. The zero-order chi connectivity index (χ0) is 26.7. The van der Waals surface area contributed by atoms with Gasteiger partial charge in [0.1, 0.15) is 17.9 Å². The van der Waals surface area contributed by atoms with Gasteiger partial charge in [-0.15, -0.1) is 0 Å². The van der Waals surface area contributed by atoms with E-state index in [-0.39, 0.29) is 25.5 Å². The van der Waals surface area contributed by atoms with Gasteiger partial charge >= 0.3 is 5.97 Å². The second kappa shape index (κ2) is 11.0. The lowest BCUT2D eigenvalue weighted by Gasteiger charge is -2.31. The van der Waals surface area contributed by atoms with Crippen LogP contribution in [-0.2, 0) is 14.4 Å². The molecule has 7 nitrogen and oxygen atoms in total. The highest BCUT2D eigenvalue weighted by Crippen LogP contribution is 2.50. The average molecular weight is 531 g/mol. The van der Waals surface area contributed by atoms with E-state index in [1.165, 1.54) is 16.7 Å². The van der Waals surface area contributed by atoms with E-state index in [1.54, 1.807) is 12.1 Å². The number of nitrogens with zero attached hydrogens (tertiary/aromatic N) is 1. The molecule has 8 heteroatoms. The van der Waals surface area contributed by atoms with Crippen LogP contribution in [0.4, 0.5) is 0 Å². The maximum Gasteiger partial charge on any atom is 0.324 e. The van der Waals surface area contributed by atoms with Gasteiger partial charge in [0.15, 0.2) is 0 Å². The number of carbonyl (C=O) groups excluding carboxylic acids is 2. The number of thioether (sulfide) groups is 1. The van der Waals surface area contributed by atoms with Crippen LogP contribution in [0, 0.1) is 11.8 Å². The minimum atomic E-state index is -1.53. The van der Waals surface area contributed by atoms with Gasteiger partial charge in [0.05, 0.1) is 18.4 Å². The van der Waals surface area contributed by atoms with Crippen molar-refractivity contribution in [3.8, 4) is 16.9 Å². The largest absolute Gasteiger partial charge is 0.492 e. The summed E-state index contributed by atoms with van der Waals surface area (Å²) in [4.78, 5) is 41.3. The van der Waals surface area contributed by atoms with Crippen LogP contribution in [0.3, 0.4) is 0 Å². The summed E-state index contributed by atoms with van der Waals surface area (Å²) in [6.45, 7) is 0.202. The predicted molar refractivity (Wildman–Crippen MR) is 147 cm³/mol. The van der Waals surface area contributed by atoms with Gasteiger partial charge in [0, 0.05) is 6.04 Å².